The SMILES string of the molecule is Cc1ccc(=O)n(CCNCC(F)(F)F)n1. The summed E-state index contributed by atoms with van der Waals surface area (Å²) in [5.74, 6) is 0. The van der Waals surface area contributed by atoms with Crippen molar-refractivity contribution in [2.24, 2.45) is 0 Å². The second kappa shape index (κ2) is 5.11. The van der Waals surface area contributed by atoms with Crippen molar-refractivity contribution in [3.8, 4) is 0 Å². The summed E-state index contributed by atoms with van der Waals surface area (Å²) in [6.07, 6.45) is -4.23. The zero-order valence-electron chi connectivity index (χ0n) is 8.71. The summed E-state index contributed by atoms with van der Waals surface area (Å²) in [4.78, 5) is 11.2. The minimum Gasteiger partial charge on any atom is -0.307 e. The minimum atomic E-state index is -4.23. The Morgan fingerprint density at radius 1 is 1.44 bits per heavy atom. The van der Waals surface area contributed by atoms with E-state index in [2.05, 4.69) is 10.4 Å². The van der Waals surface area contributed by atoms with Crippen molar-refractivity contribution in [2.45, 2.75) is 19.6 Å². The van der Waals surface area contributed by atoms with Gasteiger partial charge in [-0.2, -0.15) is 18.3 Å². The number of aromatic nitrogens is 2. The first kappa shape index (κ1) is 12.7. The Bertz CT molecular complexity index is 400. The van der Waals surface area contributed by atoms with Crippen LogP contribution in [0.25, 0.3) is 0 Å². The molecule has 0 aliphatic carbocycles. The summed E-state index contributed by atoms with van der Waals surface area (Å²) in [6, 6.07) is 2.90. The quantitative estimate of drug-likeness (QED) is 0.781. The standard InChI is InChI=1S/C9H12F3N3O/c1-7-2-3-8(16)15(14-7)5-4-13-6-9(10,11)12/h2-3,13H,4-6H2,1H3. The van der Waals surface area contributed by atoms with Crippen molar-refractivity contribution >= 4 is 0 Å². The molecule has 0 spiro atoms. The third-order valence-corrected chi connectivity index (χ3v) is 1.83. The van der Waals surface area contributed by atoms with Gasteiger partial charge in [0, 0.05) is 12.6 Å². The van der Waals surface area contributed by atoms with E-state index in [-0.39, 0.29) is 18.6 Å². The topological polar surface area (TPSA) is 46.9 Å². The van der Waals surface area contributed by atoms with Gasteiger partial charge in [-0.3, -0.25) is 4.79 Å². The number of hydrogen-bond acceptors (Lipinski definition) is 3. The minimum absolute atomic E-state index is 0.0515. The van der Waals surface area contributed by atoms with E-state index in [1.165, 1.54) is 6.07 Å². The molecule has 0 radical (unpaired) electrons. The van der Waals surface area contributed by atoms with Crippen LogP contribution in [0.1, 0.15) is 5.69 Å². The molecule has 1 aromatic heterocycles. The summed E-state index contributed by atoms with van der Waals surface area (Å²) in [5.41, 5.74) is 0.329. The fourth-order valence-corrected chi connectivity index (χ4v) is 1.13. The number of hydrogen-bond donors (Lipinski definition) is 1. The van der Waals surface area contributed by atoms with E-state index in [0.29, 0.717) is 5.69 Å². The zero-order chi connectivity index (χ0) is 12.2. The summed E-state index contributed by atoms with van der Waals surface area (Å²) < 4.78 is 36.5. The first-order valence-corrected chi connectivity index (χ1v) is 4.71. The highest BCUT2D eigenvalue weighted by atomic mass is 19.4. The van der Waals surface area contributed by atoms with Crippen LogP contribution < -0.4 is 10.9 Å². The highest BCUT2D eigenvalue weighted by Gasteiger charge is 2.25. The Balaban J connectivity index is 2.43. The summed E-state index contributed by atoms with van der Waals surface area (Å²) >= 11 is 0. The molecule has 0 saturated heterocycles. The molecular weight excluding hydrogens is 223 g/mol. The third-order valence-electron chi connectivity index (χ3n) is 1.83. The van der Waals surface area contributed by atoms with E-state index < -0.39 is 12.7 Å². The fraction of sp³-hybridized carbons (Fsp3) is 0.556. The maximum absolute atomic E-state index is 11.8. The molecule has 0 saturated carbocycles. The molecule has 0 aromatic carbocycles. The van der Waals surface area contributed by atoms with Crippen LogP contribution in [0.3, 0.4) is 0 Å². The average Bonchev–Trinajstić information content (AvgIpc) is 2.16. The fourth-order valence-electron chi connectivity index (χ4n) is 1.13. The summed E-state index contributed by atoms with van der Waals surface area (Å²) in [5, 5.41) is 6.09. The van der Waals surface area contributed by atoms with Crippen LogP contribution in [-0.2, 0) is 6.54 Å². The second-order valence-electron chi connectivity index (χ2n) is 3.33. The molecule has 1 rings (SSSR count). The van der Waals surface area contributed by atoms with E-state index in [4.69, 9.17) is 0 Å². The molecule has 0 fully saturated rings. The second-order valence-corrected chi connectivity index (χ2v) is 3.33. The maximum atomic E-state index is 11.8. The lowest BCUT2D eigenvalue weighted by Gasteiger charge is -2.08. The summed E-state index contributed by atoms with van der Waals surface area (Å²) in [7, 11) is 0. The number of nitrogens with one attached hydrogen (secondary N) is 1. The Hall–Kier alpha value is -1.37. The van der Waals surface area contributed by atoms with Gasteiger partial charge < -0.3 is 5.32 Å². The van der Waals surface area contributed by atoms with Crippen LogP contribution in [0.2, 0.25) is 0 Å². The molecule has 0 bridgehead atoms. The van der Waals surface area contributed by atoms with Crippen LogP contribution >= 0.6 is 0 Å². The predicted octanol–water partition coefficient (Wildman–Crippen LogP) is 0.704. The number of halogens is 3. The number of alkyl halides is 3. The average molecular weight is 235 g/mol. The predicted molar refractivity (Wildman–Crippen MR) is 52.2 cm³/mol. The van der Waals surface area contributed by atoms with Crippen molar-refractivity contribution < 1.29 is 13.2 Å². The van der Waals surface area contributed by atoms with E-state index >= 15 is 0 Å². The van der Waals surface area contributed by atoms with Crippen molar-refractivity contribution in [3.05, 3.63) is 28.2 Å². The van der Waals surface area contributed by atoms with Crippen LogP contribution in [-0.4, -0.2) is 29.0 Å². The van der Waals surface area contributed by atoms with Gasteiger partial charge in [0.25, 0.3) is 5.56 Å². The molecule has 16 heavy (non-hydrogen) atoms. The van der Waals surface area contributed by atoms with Crippen molar-refractivity contribution in [3.63, 3.8) is 0 Å². The lowest BCUT2D eigenvalue weighted by atomic mass is 10.4. The molecule has 1 aromatic rings. The molecule has 4 nitrogen and oxygen atoms in total. The van der Waals surface area contributed by atoms with Crippen molar-refractivity contribution in [1.82, 2.24) is 15.1 Å². The van der Waals surface area contributed by atoms with Gasteiger partial charge in [-0.05, 0) is 13.0 Å². The van der Waals surface area contributed by atoms with Gasteiger partial charge in [-0.25, -0.2) is 4.68 Å². The Morgan fingerprint density at radius 2 is 2.12 bits per heavy atom. The highest BCUT2D eigenvalue weighted by Crippen LogP contribution is 2.11. The molecule has 7 heteroatoms. The van der Waals surface area contributed by atoms with Gasteiger partial charge in [-0.1, -0.05) is 0 Å². The molecule has 0 atom stereocenters. The summed E-state index contributed by atoms with van der Waals surface area (Å²) in [6.45, 7) is 0.819. The maximum Gasteiger partial charge on any atom is 0.401 e. The van der Waals surface area contributed by atoms with Gasteiger partial charge in [0.1, 0.15) is 0 Å². The Kier molecular flexibility index (Phi) is 4.05. The van der Waals surface area contributed by atoms with Gasteiger partial charge >= 0.3 is 6.18 Å². The van der Waals surface area contributed by atoms with E-state index in [1.54, 1.807) is 13.0 Å². The van der Waals surface area contributed by atoms with E-state index in [1.807, 2.05) is 0 Å². The molecule has 0 unspecified atom stereocenters. The van der Waals surface area contributed by atoms with E-state index in [9.17, 15) is 18.0 Å². The van der Waals surface area contributed by atoms with Crippen LogP contribution in [0.5, 0.6) is 0 Å². The molecule has 1 N–H and O–H groups in total. The normalized spacial score (nSPS) is 11.8. The van der Waals surface area contributed by atoms with Gasteiger partial charge in [0.2, 0.25) is 0 Å². The smallest absolute Gasteiger partial charge is 0.307 e. The highest BCUT2D eigenvalue weighted by molar-refractivity contribution is 4.96. The van der Waals surface area contributed by atoms with Crippen molar-refractivity contribution in [2.75, 3.05) is 13.1 Å². The lowest BCUT2D eigenvalue weighted by molar-refractivity contribution is -0.124. The Morgan fingerprint density at radius 3 is 2.75 bits per heavy atom. The first-order chi connectivity index (χ1) is 7.38. The number of aryl methyl sites for hydroxylation is 1. The number of nitrogens with zero attached hydrogens (tertiary/aromatic N) is 2. The van der Waals surface area contributed by atoms with Gasteiger partial charge in [0.15, 0.2) is 0 Å². The zero-order valence-corrected chi connectivity index (χ0v) is 8.71. The first-order valence-electron chi connectivity index (χ1n) is 4.71. The van der Waals surface area contributed by atoms with Gasteiger partial charge in [-0.15, -0.1) is 0 Å². The molecule has 1 heterocycles. The monoisotopic (exact) mass is 235 g/mol. The van der Waals surface area contributed by atoms with E-state index in [0.717, 1.165) is 4.68 Å². The number of rotatable bonds is 4. The molecule has 90 valence electrons. The molecule has 0 amide bonds. The largest absolute Gasteiger partial charge is 0.401 e. The third kappa shape index (κ3) is 4.43. The van der Waals surface area contributed by atoms with Crippen molar-refractivity contribution in [1.29, 1.82) is 0 Å². The lowest BCUT2D eigenvalue weighted by Crippen LogP contribution is -2.34. The molecular formula is C9H12F3N3O. The van der Waals surface area contributed by atoms with Crippen LogP contribution in [0, 0.1) is 6.92 Å². The van der Waals surface area contributed by atoms with Crippen LogP contribution in [0.4, 0.5) is 13.2 Å². The van der Waals surface area contributed by atoms with Gasteiger partial charge in [0.05, 0.1) is 18.8 Å². The molecule has 0 aliphatic rings. The van der Waals surface area contributed by atoms with Crippen LogP contribution in [0.15, 0.2) is 16.9 Å². The Labute approximate surface area is 90.1 Å². The molecule has 0 aliphatic heterocycles.